The van der Waals surface area contributed by atoms with E-state index in [1.54, 1.807) is 19.2 Å². The number of rotatable bonds is 6. The average Bonchev–Trinajstić information content (AvgIpc) is 3.37. The van der Waals surface area contributed by atoms with Crippen molar-refractivity contribution in [1.82, 2.24) is 14.7 Å². The number of amides is 1. The lowest BCUT2D eigenvalue weighted by Crippen LogP contribution is -2.19. The van der Waals surface area contributed by atoms with Gasteiger partial charge in [0.25, 0.3) is 0 Å². The molecule has 0 aliphatic carbocycles. The van der Waals surface area contributed by atoms with Crippen LogP contribution in [0.1, 0.15) is 27.7 Å². The van der Waals surface area contributed by atoms with Gasteiger partial charge in [-0.1, -0.05) is 59.4 Å². The molecule has 0 saturated heterocycles. The average molecular weight is 419 g/mol. The van der Waals surface area contributed by atoms with E-state index in [0.29, 0.717) is 11.6 Å². The molecule has 0 saturated carbocycles. The Morgan fingerprint density at radius 2 is 1.90 bits per heavy atom. The fourth-order valence-corrected chi connectivity index (χ4v) is 4.24. The largest absolute Gasteiger partial charge is 0.360 e. The van der Waals surface area contributed by atoms with Crippen LogP contribution in [0.2, 0.25) is 0 Å². The Bertz CT molecular complexity index is 1170. The van der Waals surface area contributed by atoms with Crippen LogP contribution in [-0.2, 0) is 4.79 Å². The Hall–Kier alpha value is -3.32. The van der Waals surface area contributed by atoms with Crippen molar-refractivity contribution in [2.75, 3.05) is 5.32 Å². The van der Waals surface area contributed by atoms with E-state index in [0.717, 1.165) is 16.4 Å². The summed E-state index contributed by atoms with van der Waals surface area (Å²) in [7, 11) is 0. The lowest BCUT2D eigenvalue weighted by Gasteiger charge is -2.17. The number of hydrogen-bond acceptors (Lipinski definition) is 5. The molecule has 2 heterocycles. The minimum Gasteiger partial charge on any atom is -0.360 e. The molecule has 0 aliphatic heterocycles. The number of benzene rings is 2. The Morgan fingerprint density at radius 1 is 1.10 bits per heavy atom. The lowest BCUT2D eigenvalue weighted by atomic mass is 10.1. The zero-order chi connectivity index (χ0) is 21.1. The van der Waals surface area contributed by atoms with Crippen LogP contribution in [-0.4, -0.2) is 20.6 Å². The quantitative estimate of drug-likeness (QED) is 0.433. The maximum atomic E-state index is 13.2. The van der Waals surface area contributed by atoms with Gasteiger partial charge in [0.05, 0.1) is 5.69 Å². The highest BCUT2D eigenvalue weighted by molar-refractivity contribution is 8.00. The molecule has 1 unspecified atom stereocenters. The van der Waals surface area contributed by atoms with Gasteiger partial charge in [0.2, 0.25) is 5.91 Å². The van der Waals surface area contributed by atoms with Crippen LogP contribution < -0.4 is 5.32 Å². The minimum absolute atomic E-state index is 0.185. The van der Waals surface area contributed by atoms with Crippen molar-refractivity contribution in [2.24, 2.45) is 0 Å². The van der Waals surface area contributed by atoms with Crippen LogP contribution >= 0.6 is 11.8 Å². The van der Waals surface area contributed by atoms with Crippen molar-refractivity contribution in [2.45, 2.75) is 31.2 Å². The summed E-state index contributed by atoms with van der Waals surface area (Å²) in [6, 6.07) is 17.5. The van der Waals surface area contributed by atoms with Crippen molar-refractivity contribution in [3.63, 3.8) is 0 Å². The molecule has 4 aromatic rings. The van der Waals surface area contributed by atoms with Crippen LogP contribution in [0.15, 0.2) is 76.7 Å². The van der Waals surface area contributed by atoms with Gasteiger partial charge in [-0.2, -0.15) is 0 Å². The lowest BCUT2D eigenvalue weighted by molar-refractivity contribution is -0.115. The Labute approximate surface area is 179 Å². The standard InChI is InChI=1S/C23H22N4O2S/c1-15-8-7-11-19(17(15)3)27-13-12-24-23(27)30-21(18-9-5-4-6-10-18)22(28)25-20-14-16(2)29-26-20/h4-14,21H,1-3H3,(H,25,26,28). The highest BCUT2D eigenvalue weighted by atomic mass is 32.2. The second kappa shape index (κ2) is 8.59. The molecule has 152 valence electrons. The molecule has 0 bridgehead atoms. The number of carbonyl (C=O) groups excluding carboxylic acids is 1. The van der Waals surface area contributed by atoms with E-state index in [-0.39, 0.29) is 5.91 Å². The van der Waals surface area contributed by atoms with Gasteiger partial charge in [-0.05, 0) is 43.5 Å². The van der Waals surface area contributed by atoms with E-state index in [9.17, 15) is 4.79 Å². The smallest absolute Gasteiger partial charge is 0.243 e. The summed E-state index contributed by atoms with van der Waals surface area (Å²) in [6.07, 6.45) is 3.68. The van der Waals surface area contributed by atoms with Crippen molar-refractivity contribution in [1.29, 1.82) is 0 Å². The van der Waals surface area contributed by atoms with Crippen molar-refractivity contribution < 1.29 is 9.32 Å². The first-order valence-electron chi connectivity index (χ1n) is 9.58. The molecular formula is C23H22N4O2S. The Kier molecular flexibility index (Phi) is 5.72. The number of anilines is 1. The third-order valence-electron chi connectivity index (χ3n) is 4.89. The zero-order valence-corrected chi connectivity index (χ0v) is 17.8. The fraction of sp³-hybridized carbons (Fsp3) is 0.174. The van der Waals surface area contributed by atoms with Crippen LogP contribution in [0, 0.1) is 20.8 Å². The molecule has 1 atom stereocenters. The predicted molar refractivity (Wildman–Crippen MR) is 118 cm³/mol. The van der Waals surface area contributed by atoms with Gasteiger partial charge in [-0.15, -0.1) is 0 Å². The van der Waals surface area contributed by atoms with Crippen molar-refractivity contribution in [3.05, 3.63) is 89.4 Å². The summed E-state index contributed by atoms with van der Waals surface area (Å²) < 4.78 is 7.09. The van der Waals surface area contributed by atoms with E-state index >= 15 is 0 Å². The number of aromatic nitrogens is 3. The topological polar surface area (TPSA) is 73.0 Å². The number of carbonyl (C=O) groups is 1. The first-order valence-corrected chi connectivity index (χ1v) is 10.5. The van der Waals surface area contributed by atoms with Gasteiger partial charge >= 0.3 is 0 Å². The Morgan fingerprint density at radius 3 is 2.63 bits per heavy atom. The minimum atomic E-state index is -0.505. The molecule has 6 nitrogen and oxygen atoms in total. The molecule has 1 N–H and O–H groups in total. The van der Waals surface area contributed by atoms with Gasteiger partial charge in [0.1, 0.15) is 11.0 Å². The molecule has 2 aromatic heterocycles. The number of aryl methyl sites for hydroxylation is 2. The SMILES string of the molecule is Cc1cc(NC(=O)C(Sc2nccn2-c2cccc(C)c2C)c2ccccc2)no1. The Balaban J connectivity index is 1.67. The van der Waals surface area contributed by atoms with Gasteiger partial charge in [0.15, 0.2) is 11.0 Å². The fourth-order valence-electron chi connectivity index (χ4n) is 3.18. The van der Waals surface area contributed by atoms with E-state index in [4.69, 9.17) is 4.52 Å². The summed E-state index contributed by atoms with van der Waals surface area (Å²) in [4.78, 5) is 17.7. The molecule has 1 amide bonds. The highest BCUT2D eigenvalue weighted by Crippen LogP contribution is 2.37. The number of nitrogens with zero attached hydrogens (tertiary/aromatic N) is 3. The van der Waals surface area contributed by atoms with Crippen LogP contribution in [0.4, 0.5) is 5.82 Å². The second-order valence-electron chi connectivity index (χ2n) is 7.02. The molecule has 0 radical (unpaired) electrons. The van der Waals surface area contributed by atoms with Gasteiger partial charge in [-0.25, -0.2) is 4.98 Å². The third kappa shape index (κ3) is 4.16. The highest BCUT2D eigenvalue weighted by Gasteiger charge is 2.25. The third-order valence-corrected chi connectivity index (χ3v) is 6.12. The monoisotopic (exact) mass is 418 g/mol. The molecule has 2 aromatic carbocycles. The number of nitrogens with one attached hydrogen (secondary N) is 1. The van der Waals surface area contributed by atoms with Gasteiger partial charge in [-0.3, -0.25) is 9.36 Å². The molecule has 4 rings (SSSR count). The van der Waals surface area contributed by atoms with E-state index in [1.165, 1.54) is 22.9 Å². The maximum Gasteiger partial charge on any atom is 0.243 e. The predicted octanol–water partition coefficient (Wildman–Crippen LogP) is 5.26. The second-order valence-corrected chi connectivity index (χ2v) is 8.09. The summed E-state index contributed by atoms with van der Waals surface area (Å²) >= 11 is 1.40. The van der Waals surface area contributed by atoms with Crippen LogP contribution in [0.3, 0.4) is 0 Å². The zero-order valence-electron chi connectivity index (χ0n) is 17.0. The normalized spacial score (nSPS) is 12.0. The summed E-state index contributed by atoms with van der Waals surface area (Å²) in [5.74, 6) is 0.853. The van der Waals surface area contributed by atoms with Crippen LogP contribution in [0.5, 0.6) is 0 Å². The van der Waals surface area contributed by atoms with E-state index in [1.807, 2.05) is 47.2 Å². The number of imidazole rings is 1. The van der Waals surface area contributed by atoms with Crippen LogP contribution in [0.25, 0.3) is 5.69 Å². The molecule has 30 heavy (non-hydrogen) atoms. The van der Waals surface area contributed by atoms with Crippen molar-refractivity contribution >= 4 is 23.5 Å². The van der Waals surface area contributed by atoms with Crippen molar-refractivity contribution in [3.8, 4) is 5.69 Å². The van der Waals surface area contributed by atoms with E-state index in [2.05, 4.69) is 41.4 Å². The van der Waals surface area contributed by atoms with Gasteiger partial charge < -0.3 is 9.84 Å². The summed E-state index contributed by atoms with van der Waals surface area (Å²) in [5.41, 5.74) is 4.32. The van der Waals surface area contributed by atoms with E-state index < -0.39 is 5.25 Å². The summed E-state index contributed by atoms with van der Waals surface area (Å²) in [5, 5.41) is 6.96. The molecule has 0 fully saturated rings. The first-order chi connectivity index (χ1) is 14.5. The molecule has 0 spiro atoms. The number of hydrogen-bond donors (Lipinski definition) is 1. The maximum absolute atomic E-state index is 13.2. The number of thioether (sulfide) groups is 1. The molecule has 0 aliphatic rings. The molecular weight excluding hydrogens is 396 g/mol. The first kappa shape index (κ1) is 20.0. The summed E-state index contributed by atoms with van der Waals surface area (Å²) in [6.45, 7) is 5.96. The molecule has 7 heteroatoms. The van der Waals surface area contributed by atoms with Gasteiger partial charge in [0, 0.05) is 18.5 Å².